The van der Waals surface area contributed by atoms with Crippen molar-refractivity contribution in [3.63, 3.8) is 0 Å². The van der Waals surface area contributed by atoms with Crippen LogP contribution in [0.5, 0.6) is 0 Å². The van der Waals surface area contributed by atoms with Gasteiger partial charge in [0.1, 0.15) is 6.04 Å². The van der Waals surface area contributed by atoms with E-state index in [-0.39, 0.29) is 12.0 Å². The van der Waals surface area contributed by atoms with Crippen LogP contribution in [0.25, 0.3) is 0 Å². The highest BCUT2D eigenvalue weighted by molar-refractivity contribution is 5.73. The minimum atomic E-state index is -0.669. The summed E-state index contributed by atoms with van der Waals surface area (Å²) in [6.45, 7) is 7.67. The van der Waals surface area contributed by atoms with Crippen molar-refractivity contribution in [1.82, 2.24) is 10.2 Å². The molecule has 1 aliphatic rings. The number of nitrogens with zero attached hydrogens (tertiary/aromatic N) is 1. The van der Waals surface area contributed by atoms with Gasteiger partial charge in [0, 0.05) is 26.2 Å². The quantitative estimate of drug-likeness (QED) is 0.710. The molecule has 0 aromatic carbocycles. The summed E-state index contributed by atoms with van der Waals surface area (Å²) < 4.78 is 0. The lowest BCUT2D eigenvalue weighted by Gasteiger charge is -2.35. The Kier molecular flexibility index (Phi) is 5.05. The zero-order valence-corrected chi connectivity index (χ0v) is 9.70. The van der Waals surface area contributed by atoms with E-state index in [0.717, 1.165) is 39.0 Å². The summed E-state index contributed by atoms with van der Waals surface area (Å²) in [5, 5.41) is 12.5. The zero-order valence-electron chi connectivity index (χ0n) is 9.70. The van der Waals surface area contributed by atoms with Crippen LogP contribution in [0, 0.1) is 5.92 Å². The molecule has 1 saturated heterocycles. The third-order valence-corrected chi connectivity index (χ3v) is 3.08. The van der Waals surface area contributed by atoms with Gasteiger partial charge in [0.05, 0.1) is 0 Å². The standard InChI is InChI=1S/C11H22N2O2/c1-3-4-9(2)10(11(14)15)13-7-5-12-6-8-13/h9-10,12H,3-8H2,1-2H3,(H,14,15). The molecule has 15 heavy (non-hydrogen) atoms. The van der Waals surface area contributed by atoms with Crippen LogP contribution >= 0.6 is 0 Å². The molecule has 1 heterocycles. The first-order valence-electron chi connectivity index (χ1n) is 5.84. The number of carboxylic acids is 1. The van der Waals surface area contributed by atoms with Crippen molar-refractivity contribution >= 4 is 5.97 Å². The molecule has 0 aromatic rings. The van der Waals surface area contributed by atoms with E-state index in [0.29, 0.717) is 0 Å². The number of hydrogen-bond acceptors (Lipinski definition) is 3. The Labute approximate surface area is 91.6 Å². The molecule has 4 nitrogen and oxygen atoms in total. The first-order valence-corrected chi connectivity index (χ1v) is 5.84. The van der Waals surface area contributed by atoms with Gasteiger partial charge in [-0.3, -0.25) is 9.69 Å². The lowest BCUT2D eigenvalue weighted by Crippen LogP contribution is -2.53. The zero-order chi connectivity index (χ0) is 11.3. The predicted octanol–water partition coefficient (Wildman–Crippen LogP) is 0.781. The molecule has 0 aliphatic carbocycles. The van der Waals surface area contributed by atoms with Crippen molar-refractivity contribution in [3.8, 4) is 0 Å². The van der Waals surface area contributed by atoms with Gasteiger partial charge >= 0.3 is 5.97 Å². The molecular formula is C11H22N2O2. The average molecular weight is 214 g/mol. The number of nitrogens with one attached hydrogen (secondary N) is 1. The maximum Gasteiger partial charge on any atom is 0.321 e. The highest BCUT2D eigenvalue weighted by atomic mass is 16.4. The normalized spacial score (nSPS) is 22.3. The summed E-state index contributed by atoms with van der Waals surface area (Å²) in [6.07, 6.45) is 2.04. The fourth-order valence-electron chi connectivity index (χ4n) is 2.33. The Balaban J connectivity index is 2.58. The van der Waals surface area contributed by atoms with Gasteiger partial charge in [0.15, 0.2) is 0 Å². The van der Waals surface area contributed by atoms with E-state index in [2.05, 4.69) is 17.1 Å². The van der Waals surface area contributed by atoms with E-state index in [1.54, 1.807) is 0 Å². The Morgan fingerprint density at radius 2 is 2.07 bits per heavy atom. The smallest absolute Gasteiger partial charge is 0.321 e. The monoisotopic (exact) mass is 214 g/mol. The van der Waals surface area contributed by atoms with Crippen LogP contribution in [0.2, 0.25) is 0 Å². The summed E-state index contributed by atoms with van der Waals surface area (Å²) in [5.41, 5.74) is 0. The first kappa shape index (κ1) is 12.5. The van der Waals surface area contributed by atoms with Crippen LogP contribution < -0.4 is 5.32 Å². The van der Waals surface area contributed by atoms with Crippen LogP contribution in [0.1, 0.15) is 26.7 Å². The molecule has 0 saturated carbocycles. The van der Waals surface area contributed by atoms with Gasteiger partial charge in [-0.2, -0.15) is 0 Å². The van der Waals surface area contributed by atoms with E-state index >= 15 is 0 Å². The molecule has 2 N–H and O–H groups in total. The number of hydrogen-bond donors (Lipinski definition) is 2. The molecule has 2 unspecified atom stereocenters. The van der Waals surface area contributed by atoms with Crippen LogP contribution in [-0.2, 0) is 4.79 Å². The summed E-state index contributed by atoms with van der Waals surface area (Å²) in [6, 6.07) is -0.299. The number of rotatable bonds is 5. The van der Waals surface area contributed by atoms with Gasteiger partial charge in [0.25, 0.3) is 0 Å². The molecule has 0 spiro atoms. The van der Waals surface area contributed by atoms with E-state index in [4.69, 9.17) is 0 Å². The number of carboxylic acid groups (broad SMARTS) is 1. The van der Waals surface area contributed by atoms with Gasteiger partial charge in [-0.05, 0) is 12.3 Å². The Bertz CT molecular complexity index is 203. The molecule has 2 atom stereocenters. The fraction of sp³-hybridized carbons (Fsp3) is 0.909. The molecule has 0 aromatic heterocycles. The minimum absolute atomic E-state index is 0.241. The highest BCUT2D eigenvalue weighted by Crippen LogP contribution is 2.17. The van der Waals surface area contributed by atoms with Crippen LogP contribution in [0.3, 0.4) is 0 Å². The molecule has 1 aliphatic heterocycles. The summed E-state index contributed by atoms with van der Waals surface area (Å²) in [4.78, 5) is 13.3. The molecule has 0 bridgehead atoms. The molecule has 0 radical (unpaired) electrons. The largest absolute Gasteiger partial charge is 0.480 e. The van der Waals surface area contributed by atoms with Crippen LogP contribution in [-0.4, -0.2) is 48.2 Å². The highest BCUT2D eigenvalue weighted by Gasteiger charge is 2.30. The SMILES string of the molecule is CCCC(C)C(C(=O)O)N1CCNCC1. The van der Waals surface area contributed by atoms with Crippen molar-refractivity contribution in [3.05, 3.63) is 0 Å². The third-order valence-electron chi connectivity index (χ3n) is 3.08. The third kappa shape index (κ3) is 3.47. The second-order valence-electron chi connectivity index (χ2n) is 4.34. The van der Waals surface area contributed by atoms with Crippen molar-refractivity contribution in [2.24, 2.45) is 5.92 Å². The lowest BCUT2D eigenvalue weighted by atomic mass is 9.95. The number of piperazine rings is 1. The second kappa shape index (κ2) is 6.08. The van der Waals surface area contributed by atoms with E-state index < -0.39 is 5.97 Å². The van der Waals surface area contributed by atoms with Gasteiger partial charge in [-0.25, -0.2) is 0 Å². The second-order valence-corrected chi connectivity index (χ2v) is 4.34. The topological polar surface area (TPSA) is 52.6 Å². The summed E-state index contributed by atoms with van der Waals surface area (Å²) in [7, 11) is 0. The molecule has 1 rings (SSSR count). The van der Waals surface area contributed by atoms with Crippen molar-refractivity contribution in [1.29, 1.82) is 0 Å². The predicted molar refractivity (Wildman–Crippen MR) is 59.9 cm³/mol. The lowest BCUT2D eigenvalue weighted by molar-refractivity contribution is -0.145. The van der Waals surface area contributed by atoms with Crippen molar-refractivity contribution < 1.29 is 9.90 Å². The Hall–Kier alpha value is -0.610. The van der Waals surface area contributed by atoms with Crippen molar-refractivity contribution in [2.45, 2.75) is 32.7 Å². The maximum absolute atomic E-state index is 11.3. The maximum atomic E-state index is 11.3. The first-order chi connectivity index (χ1) is 7.16. The summed E-state index contributed by atoms with van der Waals surface area (Å²) >= 11 is 0. The number of carbonyl (C=O) groups is 1. The number of aliphatic carboxylic acids is 1. The van der Waals surface area contributed by atoms with Gasteiger partial charge in [0.2, 0.25) is 0 Å². The fourth-order valence-corrected chi connectivity index (χ4v) is 2.33. The summed E-state index contributed by atoms with van der Waals surface area (Å²) in [5.74, 6) is -0.427. The molecule has 4 heteroatoms. The van der Waals surface area contributed by atoms with Gasteiger partial charge in [-0.15, -0.1) is 0 Å². The Morgan fingerprint density at radius 1 is 1.47 bits per heavy atom. The minimum Gasteiger partial charge on any atom is -0.480 e. The Morgan fingerprint density at radius 3 is 2.53 bits per heavy atom. The van der Waals surface area contributed by atoms with E-state index in [1.165, 1.54) is 0 Å². The van der Waals surface area contributed by atoms with E-state index in [1.807, 2.05) is 6.92 Å². The van der Waals surface area contributed by atoms with E-state index in [9.17, 15) is 9.90 Å². The molecule has 1 fully saturated rings. The molecule has 0 amide bonds. The van der Waals surface area contributed by atoms with Crippen LogP contribution in [0.4, 0.5) is 0 Å². The average Bonchev–Trinajstić information content (AvgIpc) is 2.19. The molecular weight excluding hydrogens is 192 g/mol. The van der Waals surface area contributed by atoms with Gasteiger partial charge < -0.3 is 10.4 Å². The van der Waals surface area contributed by atoms with Crippen LogP contribution in [0.15, 0.2) is 0 Å². The van der Waals surface area contributed by atoms with Crippen molar-refractivity contribution in [2.75, 3.05) is 26.2 Å². The molecule has 88 valence electrons. The van der Waals surface area contributed by atoms with Gasteiger partial charge in [-0.1, -0.05) is 20.3 Å².